The molecule has 3 aromatic rings. The van der Waals surface area contributed by atoms with Gasteiger partial charge in [0.05, 0.1) is 49.8 Å². The van der Waals surface area contributed by atoms with Crippen LogP contribution in [0.4, 0.5) is 4.79 Å². The van der Waals surface area contributed by atoms with Crippen LogP contribution in [0.25, 0.3) is 6.08 Å². The van der Waals surface area contributed by atoms with Gasteiger partial charge in [0, 0.05) is 12.7 Å². The maximum Gasteiger partial charge on any atom is 0.513 e. The first kappa shape index (κ1) is 33.3. The van der Waals surface area contributed by atoms with Crippen molar-refractivity contribution in [3.05, 3.63) is 78.5 Å². The van der Waals surface area contributed by atoms with E-state index in [9.17, 15) is 14.4 Å². The topological polar surface area (TPSA) is 133 Å². The SMILES string of the molecule is CCCOc1c(OC)cccc1[C@@H]1C(C(=O)OCCOC)=C(C)N=c2s/c(=C/c3ccc(OC(=O)OCC)c(OC)c3)c(=O)n21. The Kier molecular flexibility index (Phi) is 11.4. The second-order valence-electron chi connectivity index (χ2n) is 9.63. The number of aromatic nitrogens is 1. The Bertz CT molecular complexity index is 1760. The Labute approximate surface area is 264 Å². The first-order chi connectivity index (χ1) is 21.8. The third-order valence-electron chi connectivity index (χ3n) is 6.68. The van der Waals surface area contributed by atoms with Crippen LogP contribution in [0.3, 0.4) is 0 Å². The predicted octanol–water partition coefficient (Wildman–Crippen LogP) is 3.77. The Morgan fingerprint density at radius 2 is 1.76 bits per heavy atom. The lowest BCUT2D eigenvalue weighted by Gasteiger charge is -2.27. The minimum absolute atomic E-state index is 0.0261. The second-order valence-corrected chi connectivity index (χ2v) is 10.6. The minimum Gasteiger partial charge on any atom is -0.493 e. The lowest BCUT2D eigenvalue weighted by atomic mass is 9.94. The molecular weight excluding hydrogens is 604 g/mol. The van der Waals surface area contributed by atoms with Gasteiger partial charge >= 0.3 is 12.1 Å². The third kappa shape index (κ3) is 7.37. The van der Waals surface area contributed by atoms with Crippen molar-refractivity contribution in [1.29, 1.82) is 0 Å². The number of carbonyl (C=O) groups excluding carboxylic acids is 2. The van der Waals surface area contributed by atoms with E-state index in [1.807, 2.05) is 6.92 Å². The Morgan fingerprint density at radius 3 is 2.44 bits per heavy atom. The number of hydrogen-bond acceptors (Lipinski definition) is 12. The molecule has 240 valence electrons. The van der Waals surface area contributed by atoms with Gasteiger partial charge in [0.1, 0.15) is 12.6 Å². The first-order valence-electron chi connectivity index (χ1n) is 14.3. The summed E-state index contributed by atoms with van der Waals surface area (Å²) in [6, 6.07) is 9.26. The quantitative estimate of drug-likeness (QED) is 0.155. The summed E-state index contributed by atoms with van der Waals surface area (Å²) in [5.74, 6) is 0.689. The van der Waals surface area contributed by atoms with Crippen LogP contribution in [0.5, 0.6) is 23.0 Å². The summed E-state index contributed by atoms with van der Waals surface area (Å²) in [4.78, 5) is 44.6. The van der Waals surface area contributed by atoms with Crippen molar-refractivity contribution >= 4 is 29.5 Å². The van der Waals surface area contributed by atoms with E-state index in [4.69, 9.17) is 33.2 Å². The monoisotopic (exact) mass is 640 g/mol. The fourth-order valence-corrected chi connectivity index (χ4v) is 5.73. The molecule has 12 nitrogen and oxygen atoms in total. The molecule has 1 aromatic heterocycles. The van der Waals surface area contributed by atoms with Gasteiger partial charge in [-0.15, -0.1) is 0 Å². The van der Waals surface area contributed by atoms with Crippen molar-refractivity contribution in [1.82, 2.24) is 4.57 Å². The molecule has 45 heavy (non-hydrogen) atoms. The summed E-state index contributed by atoms with van der Waals surface area (Å²) in [6.07, 6.45) is 1.55. The van der Waals surface area contributed by atoms with Crippen molar-refractivity contribution in [2.75, 3.05) is 47.8 Å². The lowest BCUT2D eigenvalue weighted by Crippen LogP contribution is -2.40. The number of ether oxygens (including phenoxy) is 7. The van der Waals surface area contributed by atoms with Crippen LogP contribution < -0.4 is 33.8 Å². The molecule has 0 bridgehead atoms. The number of fused-ring (bicyclic) bond motifs is 1. The molecule has 13 heteroatoms. The molecule has 0 radical (unpaired) electrons. The average molecular weight is 641 g/mol. The van der Waals surface area contributed by atoms with Gasteiger partial charge in [-0.05, 0) is 50.1 Å². The summed E-state index contributed by atoms with van der Waals surface area (Å²) >= 11 is 1.17. The maximum absolute atomic E-state index is 14.2. The van der Waals surface area contributed by atoms with E-state index in [1.54, 1.807) is 56.3 Å². The fourth-order valence-electron chi connectivity index (χ4n) is 4.69. The maximum atomic E-state index is 14.2. The normalized spacial score (nSPS) is 14.4. The number of methoxy groups -OCH3 is 3. The summed E-state index contributed by atoms with van der Waals surface area (Å²) in [6.45, 7) is 6.14. The molecular formula is C32H36N2O10S. The molecule has 0 unspecified atom stereocenters. The van der Waals surface area contributed by atoms with Gasteiger partial charge in [-0.1, -0.05) is 36.5 Å². The van der Waals surface area contributed by atoms with Gasteiger partial charge in [0.2, 0.25) is 0 Å². The van der Waals surface area contributed by atoms with Crippen LogP contribution in [0.1, 0.15) is 44.4 Å². The van der Waals surface area contributed by atoms with E-state index in [0.717, 1.165) is 6.42 Å². The van der Waals surface area contributed by atoms with Crippen LogP contribution in [-0.2, 0) is 19.0 Å². The van der Waals surface area contributed by atoms with Gasteiger partial charge in [-0.25, -0.2) is 14.6 Å². The number of nitrogens with zero attached hydrogens (tertiary/aromatic N) is 2. The van der Waals surface area contributed by atoms with E-state index >= 15 is 0 Å². The Hall–Kier alpha value is -4.62. The van der Waals surface area contributed by atoms with Gasteiger partial charge in [0.25, 0.3) is 5.56 Å². The molecule has 2 heterocycles. The highest BCUT2D eigenvalue weighted by Crippen LogP contribution is 2.41. The standard InChI is InChI=1S/C32H36N2O10S/c1-7-14-42-28-21(10-9-11-23(28)39-5)27-26(30(36)43-16-15-38-4)19(3)33-31-34(27)29(35)25(45-31)18-20-12-13-22(24(17-20)40-6)44-32(37)41-8-2/h9-13,17-18,27H,7-8,14-16H2,1-6H3/b25-18+/t27-/m1/s1. The number of para-hydroxylation sites is 1. The molecule has 0 amide bonds. The highest BCUT2D eigenvalue weighted by atomic mass is 32.1. The molecule has 0 saturated heterocycles. The molecule has 1 aliphatic rings. The van der Waals surface area contributed by atoms with Gasteiger partial charge in [-0.3, -0.25) is 9.36 Å². The highest BCUT2D eigenvalue weighted by Gasteiger charge is 2.36. The smallest absolute Gasteiger partial charge is 0.493 e. The summed E-state index contributed by atoms with van der Waals surface area (Å²) < 4.78 is 39.6. The molecule has 4 rings (SSSR count). The molecule has 0 fully saturated rings. The van der Waals surface area contributed by atoms with Crippen molar-refractivity contribution in [2.45, 2.75) is 33.2 Å². The highest BCUT2D eigenvalue weighted by molar-refractivity contribution is 7.07. The van der Waals surface area contributed by atoms with Crippen molar-refractivity contribution < 1.29 is 42.7 Å². The van der Waals surface area contributed by atoms with Crippen LogP contribution in [0, 0.1) is 0 Å². The lowest BCUT2D eigenvalue weighted by molar-refractivity contribution is -0.140. The van der Waals surface area contributed by atoms with Gasteiger partial charge in [0.15, 0.2) is 27.8 Å². The Morgan fingerprint density at radius 1 is 0.978 bits per heavy atom. The van der Waals surface area contributed by atoms with Crippen LogP contribution in [0.2, 0.25) is 0 Å². The van der Waals surface area contributed by atoms with Gasteiger partial charge in [-0.2, -0.15) is 0 Å². The number of hydrogen-bond donors (Lipinski definition) is 0. The second kappa shape index (κ2) is 15.4. The number of allylic oxidation sites excluding steroid dienone is 1. The summed E-state index contributed by atoms with van der Waals surface area (Å²) in [7, 11) is 4.48. The van der Waals surface area contributed by atoms with Gasteiger partial charge < -0.3 is 33.2 Å². The van der Waals surface area contributed by atoms with Crippen LogP contribution in [-0.4, -0.2) is 64.4 Å². The zero-order chi connectivity index (χ0) is 32.5. The number of esters is 1. The molecule has 0 N–H and O–H groups in total. The number of thiazole rings is 1. The summed E-state index contributed by atoms with van der Waals surface area (Å²) in [5.41, 5.74) is 1.37. The van der Waals surface area contributed by atoms with E-state index in [-0.39, 0.29) is 42.5 Å². The molecule has 0 aliphatic carbocycles. The largest absolute Gasteiger partial charge is 0.513 e. The van der Waals surface area contributed by atoms with E-state index < -0.39 is 18.2 Å². The van der Waals surface area contributed by atoms with E-state index in [2.05, 4.69) is 4.99 Å². The Balaban J connectivity index is 1.89. The molecule has 2 aromatic carbocycles. The van der Waals surface area contributed by atoms with Crippen molar-refractivity contribution in [3.8, 4) is 23.0 Å². The molecule has 0 saturated carbocycles. The molecule has 1 aliphatic heterocycles. The molecule has 0 spiro atoms. The van der Waals surface area contributed by atoms with Crippen LogP contribution >= 0.6 is 11.3 Å². The van der Waals surface area contributed by atoms with Crippen molar-refractivity contribution in [2.24, 2.45) is 4.99 Å². The van der Waals surface area contributed by atoms with Crippen molar-refractivity contribution in [3.63, 3.8) is 0 Å². The zero-order valence-corrected chi connectivity index (χ0v) is 26.9. The molecule has 1 atom stereocenters. The number of benzene rings is 2. The fraction of sp³-hybridized carbons (Fsp3) is 0.375. The minimum atomic E-state index is -0.921. The van der Waals surface area contributed by atoms with Crippen LogP contribution in [0.15, 0.2) is 57.5 Å². The summed E-state index contributed by atoms with van der Waals surface area (Å²) in [5, 5.41) is 0. The average Bonchev–Trinajstić information content (AvgIpc) is 3.33. The number of rotatable bonds is 13. The first-order valence-corrected chi connectivity index (χ1v) is 15.1. The zero-order valence-electron chi connectivity index (χ0n) is 26.0. The van der Waals surface area contributed by atoms with E-state index in [0.29, 0.717) is 44.3 Å². The predicted molar refractivity (Wildman–Crippen MR) is 166 cm³/mol. The third-order valence-corrected chi connectivity index (χ3v) is 7.66. The number of carbonyl (C=O) groups is 2. The van der Waals surface area contributed by atoms with E-state index in [1.165, 1.54) is 37.2 Å².